The summed E-state index contributed by atoms with van der Waals surface area (Å²) in [7, 11) is 0. The summed E-state index contributed by atoms with van der Waals surface area (Å²) < 4.78 is 12.5. The third-order valence-electron chi connectivity index (χ3n) is 7.37. The predicted molar refractivity (Wildman–Crippen MR) is 140 cm³/mol. The van der Waals surface area contributed by atoms with Crippen molar-refractivity contribution in [3.63, 3.8) is 0 Å². The summed E-state index contributed by atoms with van der Waals surface area (Å²) in [5.41, 5.74) is 3.87. The molecular weight excluding hydrogens is 466 g/mol. The Morgan fingerprint density at radius 1 is 0.946 bits per heavy atom. The topological polar surface area (TPSA) is 82.1 Å². The number of rotatable bonds is 6. The van der Waals surface area contributed by atoms with Crippen molar-refractivity contribution in [2.45, 2.75) is 25.4 Å². The van der Waals surface area contributed by atoms with Crippen molar-refractivity contribution in [1.29, 1.82) is 0 Å². The number of carboxylic acids is 1. The van der Waals surface area contributed by atoms with E-state index in [0.29, 0.717) is 12.4 Å². The number of carboxylic acid groups (broad SMARTS) is 1. The molecule has 0 amide bonds. The number of nitrogens with zero attached hydrogens (tertiary/aromatic N) is 1. The van der Waals surface area contributed by atoms with Gasteiger partial charge in [-0.3, -0.25) is 4.90 Å². The molecule has 0 saturated carbocycles. The average Bonchev–Trinajstić information content (AvgIpc) is 2.92. The van der Waals surface area contributed by atoms with Crippen molar-refractivity contribution >= 4 is 16.7 Å². The van der Waals surface area contributed by atoms with Gasteiger partial charge in [0.1, 0.15) is 18.1 Å². The molecule has 6 nitrogen and oxygen atoms in total. The molecule has 6 rings (SSSR count). The number of hydrogen-bond donors (Lipinski definition) is 1. The maximum absolute atomic E-state index is 12.0. The highest BCUT2D eigenvalue weighted by molar-refractivity contribution is 5.96. The van der Waals surface area contributed by atoms with E-state index in [1.54, 1.807) is 30.3 Å². The summed E-state index contributed by atoms with van der Waals surface area (Å²) in [5.74, 6) is 0.290. The number of likely N-dealkylation sites (tertiary alicyclic amines) is 1. The molecular formula is C31H28NO5-. The van der Waals surface area contributed by atoms with Gasteiger partial charge in [-0.25, -0.2) is 4.79 Å². The molecule has 1 N–H and O–H groups in total. The summed E-state index contributed by atoms with van der Waals surface area (Å²) in [4.78, 5) is 14.1. The third-order valence-corrected chi connectivity index (χ3v) is 7.37. The van der Waals surface area contributed by atoms with Crippen LogP contribution in [0.5, 0.6) is 17.2 Å². The molecule has 0 aromatic heterocycles. The first kappa shape index (κ1) is 23.4. The number of carbonyl (C=O) groups is 1. The van der Waals surface area contributed by atoms with Gasteiger partial charge in [-0.2, -0.15) is 0 Å². The minimum absolute atomic E-state index is 0.0433. The van der Waals surface area contributed by atoms with E-state index in [2.05, 4.69) is 4.90 Å². The van der Waals surface area contributed by atoms with Crippen LogP contribution in [0.15, 0.2) is 72.8 Å². The fourth-order valence-corrected chi connectivity index (χ4v) is 5.46. The lowest BCUT2D eigenvalue weighted by molar-refractivity contribution is -0.268. The number of ether oxygens (including phenoxy) is 2. The zero-order valence-corrected chi connectivity index (χ0v) is 20.5. The first-order valence-electron chi connectivity index (χ1n) is 12.8. The fourth-order valence-electron chi connectivity index (χ4n) is 5.46. The number of benzene rings is 4. The monoisotopic (exact) mass is 494 g/mol. The van der Waals surface area contributed by atoms with Gasteiger partial charge in [-0.1, -0.05) is 48.9 Å². The highest BCUT2D eigenvalue weighted by Crippen LogP contribution is 2.48. The van der Waals surface area contributed by atoms with Gasteiger partial charge in [-0.15, -0.1) is 5.75 Å². The van der Waals surface area contributed by atoms with E-state index in [1.807, 2.05) is 42.5 Å². The Bertz CT molecular complexity index is 1460. The predicted octanol–water partition coefficient (Wildman–Crippen LogP) is 5.63. The number of aromatic carboxylic acids is 1. The molecule has 1 saturated heterocycles. The lowest BCUT2D eigenvalue weighted by Crippen LogP contribution is -2.33. The third kappa shape index (κ3) is 4.60. The molecule has 2 aliphatic heterocycles. The van der Waals surface area contributed by atoms with Gasteiger partial charge in [0, 0.05) is 17.7 Å². The Morgan fingerprint density at radius 3 is 2.51 bits per heavy atom. The normalized spacial score (nSPS) is 17.0. The molecule has 188 valence electrons. The summed E-state index contributed by atoms with van der Waals surface area (Å²) >= 11 is 0. The first-order valence-corrected chi connectivity index (χ1v) is 12.8. The van der Waals surface area contributed by atoms with Gasteiger partial charge in [0.15, 0.2) is 6.10 Å². The van der Waals surface area contributed by atoms with Gasteiger partial charge in [0.05, 0.1) is 5.56 Å². The van der Waals surface area contributed by atoms with E-state index in [4.69, 9.17) is 9.47 Å². The van der Waals surface area contributed by atoms with Crippen molar-refractivity contribution in [3.05, 3.63) is 89.5 Å². The van der Waals surface area contributed by atoms with E-state index in [9.17, 15) is 15.0 Å². The van der Waals surface area contributed by atoms with Crippen LogP contribution < -0.4 is 14.6 Å². The molecule has 0 aliphatic carbocycles. The van der Waals surface area contributed by atoms with Crippen molar-refractivity contribution in [3.8, 4) is 28.4 Å². The minimum Gasteiger partial charge on any atom is -0.872 e. The summed E-state index contributed by atoms with van der Waals surface area (Å²) in [6, 6.07) is 21.9. The SMILES string of the molecule is O=C(O)c1ccc2c(c1)OC(c1ccc(OCCN3CCCCC3)cc1)c1c-2ccc2cc([O-])ccc12. The number of hydrogen-bond acceptors (Lipinski definition) is 5. The standard InChI is InChI=1S/C31H29NO5/c33-23-8-13-25-21(18-23)6-12-27-26-11-7-22(31(34)35)19-28(26)37-30(29(25)27)20-4-9-24(10-5-20)36-17-16-32-14-2-1-3-15-32/h4-13,18-19,30,33H,1-3,14-17H2,(H,34,35)/p-1. The van der Waals surface area contributed by atoms with Crippen LogP contribution in [0.1, 0.15) is 46.9 Å². The second-order valence-electron chi connectivity index (χ2n) is 9.74. The van der Waals surface area contributed by atoms with Gasteiger partial charge in [0.2, 0.25) is 0 Å². The quantitative estimate of drug-likeness (QED) is 0.374. The molecule has 6 heteroatoms. The minimum atomic E-state index is -0.999. The van der Waals surface area contributed by atoms with E-state index in [-0.39, 0.29) is 11.3 Å². The Hall–Kier alpha value is -4.03. The van der Waals surface area contributed by atoms with Gasteiger partial charge in [-0.05, 0) is 78.2 Å². The lowest BCUT2D eigenvalue weighted by Gasteiger charge is -2.31. The maximum atomic E-state index is 12.0. The van der Waals surface area contributed by atoms with Crippen LogP contribution in [0.2, 0.25) is 0 Å². The zero-order valence-electron chi connectivity index (χ0n) is 20.5. The molecule has 2 heterocycles. The largest absolute Gasteiger partial charge is 0.872 e. The van der Waals surface area contributed by atoms with Gasteiger partial charge in [0.25, 0.3) is 0 Å². The second kappa shape index (κ2) is 9.79. The lowest BCUT2D eigenvalue weighted by atomic mass is 9.85. The molecule has 37 heavy (non-hydrogen) atoms. The Kier molecular flexibility index (Phi) is 6.18. The summed E-state index contributed by atoms with van der Waals surface area (Å²) in [6.07, 6.45) is 3.38. The van der Waals surface area contributed by atoms with Crippen LogP contribution in [-0.2, 0) is 0 Å². The van der Waals surface area contributed by atoms with E-state index in [0.717, 1.165) is 58.4 Å². The molecule has 0 radical (unpaired) electrons. The van der Waals surface area contributed by atoms with Crippen LogP contribution in [0.4, 0.5) is 0 Å². The van der Waals surface area contributed by atoms with Crippen LogP contribution in [-0.4, -0.2) is 42.2 Å². The smallest absolute Gasteiger partial charge is 0.335 e. The van der Waals surface area contributed by atoms with Crippen molar-refractivity contribution in [2.75, 3.05) is 26.2 Å². The maximum Gasteiger partial charge on any atom is 0.335 e. The average molecular weight is 495 g/mol. The molecule has 0 bridgehead atoms. The molecule has 0 spiro atoms. The highest BCUT2D eigenvalue weighted by atomic mass is 16.5. The molecule has 4 aromatic rings. The molecule has 1 fully saturated rings. The molecule has 2 aliphatic rings. The van der Waals surface area contributed by atoms with E-state index < -0.39 is 12.1 Å². The molecule has 4 aromatic carbocycles. The first-order chi connectivity index (χ1) is 18.1. The van der Waals surface area contributed by atoms with Gasteiger partial charge < -0.3 is 19.7 Å². The van der Waals surface area contributed by atoms with Crippen LogP contribution in [0, 0.1) is 0 Å². The van der Waals surface area contributed by atoms with Crippen LogP contribution in [0.25, 0.3) is 21.9 Å². The highest BCUT2D eigenvalue weighted by Gasteiger charge is 2.30. The summed E-state index contributed by atoms with van der Waals surface area (Å²) in [6.45, 7) is 3.87. The van der Waals surface area contributed by atoms with Crippen molar-refractivity contribution < 1.29 is 24.5 Å². The number of fused-ring (bicyclic) bond motifs is 5. The Balaban J connectivity index is 1.33. The van der Waals surface area contributed by atoms with E-state index in [1.165, 1.54) is 19.3 Å². The Labute approximate surface area is 215 Å². The summed E-state index contributed by atoms with van der Waals surface area (Å²) in [5, 5.41) is 23.3. The van der Waals surface area contributed by atoms with Crippen LogP contribution >= 0.6 is 0 Å². The zero-order chi connectivity index (χ0) is 25.4. The molecule has 1 unspecified atom stereocenters. The van der Waals surface area contributed by atoms with Crippen molar-refractivity contribution in [2.24, 2.45) is 0 Å². The van der Waals surface area contributed by atoms with Crippen LogP contribution in [0.3, 0.4) is 0 Å². The molecule has 1 atom stereocenters. The fraction of sp³-hybridized carbons (Fsp3) is 0.258. The Morgan fingerprint density at radius 2 is 1.73 bits per heavy atom. The van der Waals surface area contributed by atoms with Gasteiger partial charge >= 0.3 is 5.97 Å². The number of piperidine rings is 1. The van der Waals surface area contributed by atoms with E-state index >= 15 is 0 Å². The second-order valence-corrected chi connectivity index (χ2v) is 9.74. The van der Waals surface area contributed by atoms with Crippen molar-refractivity contribution in [1.82, 2.24) is 4.90 Å².